The lowest BCUT2D eigenvalue weighted by Crippen LogP contribution is -2.43. The molecule has 2 aliphatic rings. The summed E-state index contributed by atoms with van der Waals surface area (Å²) in [6.45, 7) is 2.69. The Kier molecular flexibility index (Phi) is 8.57. The number of nitro benzene ring substituents is 1. The van der Waals surface area contributed by atoms with E-state index in [1.54, 1.807) is 60.7 Å². The van der Waals surface area contributed by atoms with Crippen LogP contribution in [-0.2, 0) is 0 Å². The molecule has 44 heavy (non-hydrogen) atoms. The summed E-state index contributed by atoms with van der Waals surface area (Å²) in [4.78, 5) is 37.8. The Morgan fingerprint density at radius 3 is 1.61 bits per heavy atom. The summed E-state index contributed by atoms with van der Waals surface area (Å²) in [6, 6.07) is 26.7. The highest BCUT2D eigenvalue weighted by atomic mass is 16.6. The first-order valence-electron chi connectivity index (χ1n) is 13.7. The van der Waals surface area contributed by atoms with E-state index in [4.69, 9.17) is 0 Å². The van der Waals surface area contributed by atoms with E-state index in [1.165, 1.54) is 28.0 Å². The van der Waals surface area contributed by atoms with Crippen LogP contribution in [0.1, 0.15) is 16.7 Å². The van der Waals surface area contributed by atoms with Gasteiger partial charge in [-0.15, -0.1) is 0 Å². The van der Waals surface area contributed by atoms with Gasteiger partial charge in [-0.2, -0.15) is 0 Å². The van der Waals surface area contributed by atoms with E-state index in [0.29, 0.717) is 29.2 Å². The van der Waals surface area contributed by atoms with Crippen molar-refractivity contribution in [3.05, 3.63) is 136 Å². The first-order chi connectivity index (χ1) is 21.2. The highest BCUT2D eigenvalue weighted by Gasteiger charge is 2.24. The monoisotopic (exact) mass is 591 g/mol. The van der Waals surface area contributed by atoms with Crippen molar-refractivity contribution in [2.45, 2.75) is 6.92 Å². The van der Waals surface area contributed by atoms with Crippen LogP contribution in [0.3, 0.4) is 0 Å². The van der Waals surface area contributed by atoms with Gasteiger partial charge in [-0.05, 0) is 55.0 Å². The largest absolute Gasteiger partial charge is 0.506 e. The van der Waals surface area contributed by atoms with Crippen molar-refractivity contribution >= 4 is 40.5 Å². The maximum Gasteiger partial charge on any atom is 0.326 e. The number of carbonyl (C=O) groups excluding carboxylic acids is 2. The number of nitro groups is 1. The van der Waals surface area contributed by atoms with Gasteiger partial charge in [0.15, 0.2) is 0 Å². The minimum absolute atomic E-state index is 0.00912. The molecule has 4 N–H and O–H groups in total. The number of aromatic hydroxyl groups is 2. The summed E-state index contributed by atoms with van der Waals surface area (Å²) in [5.41, 5.74) is 4.87. The van der Waals surface area contributed by atoms with Gasteiger partial charge in [0.1, 0.15) is 11.5 Å². The van der Waals surface area contributed by atoms with E-state index in [0.717, 1.165) is 16.8 Å². The summed E-state index contributed by atoms with van der Waals surface area (Å²) in [5.74, 6) is 0.106. The number of hydrogen-bond acceptors (Lipinski definition) is 6. The molecule has 222 valence electrons. The van der Waals surface area contributed by atoms with Crippen LogP contribution in [0.25, 0.3) is 11.4 Å². The zero-order chi connectivity index (χ0) is 31.2. The highest BCUT2D eigenvalue weighted by molar-refractivity contribution is 6.01. The number of benzene rings is 4. The SMILES string of the molecule is Cc1cccc(C2=CCN(c3ccccc3O)C(=O)N2)c1.O=C1NC(c2cccc([N+](=O)[O-])c2)=CCN1c1ccccc1O. The Balaban J connectivity index is 0.000000175. The third-order valence-corrected chi connectivity index (χ3v) is 6.97. The number of nitrogens with zero attached hydrogens (tertiary/aromatic N) is 3. The molecule has 0 atom stereocenters. The van der Waals surface area contributed by atoms with Crippen molar-refractivity contribution < 1.29 is 24.7 Å². The second-order valence-electron chi connectivity index (χ2n) is 9.97. The van der Waals surface area contributed by atoms with Crippen molar-refractivity contribution in [2.75, 3.05) is 22.9 Å². The number of phenolic OH excluding ortho intramolecular Hbond substituents is 2. The lowest BCUT2D eigenvalue weighted by Gasteiger charge is -2.28. The smallest absolute Gasteiger partial charge is 0.326 e. The van der Waals surface area contributed by atoms with E-state index in [-0.39, 0.29) is 29.8 Å². The standard InChI is InChI=1S/C17H16N2O2.C16H13N3O4/c1-12-5-4-6-13(11-12)14-9-10-19(17(21)18-14)15-7-2-3-8-16(15)20;20-15-7-2-1-6-14(15)18-9-8-13(17-16(18)21)11-4-3-5-12(10-11)19(22)23/h2-9,11,20H,10H2,1H3,(H,18,21);1-8,10,20H,9H2,(H,17,21). The number of urea groups is 2. The third kappa shape index (κ3) is 6.52. The van der Waals surface area contributed by atoms with E-state index >= 15 is 0 Å². The fraction of sp³-hybridized carbons (Fsp3) is 0.0909. The van der Waals surface area contributed by atoms with Crippen LogP contribution in [0.2, 0.25) is 0 Å². The lowest BCUT2D eigenvalue weighted by molar-refractivity contribution is -0.384. The zero-order valence-electron chi connectivity index (χ0n) is 23.7. The van der Waals surface area contributed by atoms with E-state index in [1.807, 2.05) is 37.3 Å². The van der Waals surface area contributed by atoms with Gasteiger partial charge in [0.05, 0.1) is 16.3 Å². The van der Waals surface area contributed by atoms with Crippen LogP contribution in [0.4, 0.5) is 26.7 Å². The van der Waals surface area contributed by atoms with Crippen LogP contribution in [0.15, 0.2) is 109 Å². The number of nitrogens with one attached hydrogen (secondary N) is 2. The first kappa shape index (κ1) is 29.4. The second-order valence-corrected chi connectivity index (χ2v) is 9.97. The fourth-order valence-electron chi connectivity index (χ4n) is 4.78. The Labute approximate surface area is 253 Å². The Hall–Kier alpha value is -6.10. The topological polar surface area (TPSA) is 148 Å². The van der Waals surface area contributed by atoms with Crippen molar-refractivity contribution in [3.63, 3.8) is 0 Å². The maximum absolute atomic E-state index is 12.3. The number of para-hydroxylation sites is 4. The molecule has 0 bridgehead atoms. The van der Waals surface area contributed by atoms with Crippen LogP contribution < -0.4 is 20.4 Å². The summed E-state index contributed by atoms with van der Waals surface area (Å²) in [7, 11) is 0. The summed E-state index contributed by atoms with van der Waals surface area (Å²) in [5, 5.41) is 36.1. The van der Waals surface area contributed by atoms with Gasteiger partial charge in [0.25, 0.3) is 5.69 Å². The average molecular weight is 592 g/mol. The predicted octanol–water partition coefficient (Wildman–Crippen LogP) is 6.14. The quantitative estimate of drug-likeness (QED) is 0.162. The summed E-state index contributed by atoms with van der Waals surface area (Å²) >= 11 is 0. The highest BCUT2D eigenvalue weighted by Crippen LogP contribution is 2.30. The maximum atomic E-state index is 12.3. The molecule has 0 spiro atoms. The third-order valence-electron chi connectivity index (χ3n) is 6.97. The van der Waals surface area contributed by atoms with Gasteiger partial charge < -0.3 is 20.8 Å². The molecule has 0 saturated heterocycles. The molecule has 6 rings (SSSR count). The normalized spacial score (nSPS) is 14.4. The fourth-order valence-corrected chi connectivity index (χ4v) is 4.78. The van der Waals surface area contributed by atoms with E-state index in [9.17, 15) is 29.9 Å². The van der Waals surface area contributed by atoms with Crippen molar-refractivity contribution in [2.24, 2.45) is 0 Å². The van der Waals surface area contributed by atoms with Gasteiger partial charge in [0, 0.05) is 42.2 Å². The lowest BCUT2D eigenvalue weighted by atomic mass is 10.1. The molecule has 0 radical (unpaired) electrons. The molecular formula is C33H29N5O6. The number of carbonyl (C=O) groups is 2. The predicted molar refractivity (Wildman–Crippen MR) is 168 cm³/mol. The van der Waals surface area contributed by atoms with Gasteiger partial charge in [-0.1, -0.05) is 60.2 Å². The number of aryl methyl sites for hydroxylation is 1. The Morgan fingerprint density at radius 1 is 0.682 bits per heavy atom. The number of rotatable bonds is 5. The minimum atomic E-state index is -0.483. The number of phenols is 2. The molecule has 0 fully saturated rings. The molecule has 11 heteroatoms. The number of non-ortho nitro benzene ring substituents is 1. The molecule has 2 aliphatic heterocycles. The first-order valence-corrected chi connectivity index (χ1v) is 13.7. The molecule has 4 aromatic rings. The Morgan fingerprint density at radius 2 is 1.16 bits per heavy atom. The zero-order valence-corrected chi connectivity index (χ0v) is 23.7. The molecule has 0 saturated carbocycles. The van der Waals surface area contributed by atoms with E-state index < -0.39 is 11.0 Å². The van der Waals surface area contributed by atoms with Crippen LogP contribution >= 0.6 is 0 Å². The number of anilines is 2. The minimum Gasteiger partial charge on any atom is -0.506 e. The van der Waals surface area contributed by atoms with Gasteiger partial charge in [-0.3, -0.25) is 19.9 Å². The molecular weight excluding hydrogens is 562 g/mol. The van der Waals surface area contributed by atoms with E-state index in [2.05, 4.69) is 10.6 Å². The Bertz CT molecular complexity index is 1800. The van der Waals surface area contributed by atoms with Gasteiger partial charge in [0.2, 0.25) is 0 Å². The average Bonchev–Trinajstić information content (AvgIpc) is 3.02. The molecule has 11 nitrogen and oxygen atoms in total. The molecule has 2 heterocycles. The molecule has 4 aromatic carbocycles. The van der Waals surface area contributed by atoms with Gasteiger partial charge >= 0.3 is 12.1 Å². The number of hydrogen-bond donors (Lipinski definition) is 4. The molecule has 4 amide bonds. The molecule has 0 unspecified atom stereocenters. The van der Waals surface area contributed by atoms with Crippen LogP contribution in [0.5, 0.6) is 11.5 Å². The molecule has 0 aromatic heterocycles. The van der Waals surface area contributed by atoms with Crippen LogP contribution in [0, 0.1) is 17.0 Å². The summed E-state index contributed by atoms with van der Waals surface area (Å²) in [6.07, 6.45) is 3.69. The summed E-state index contributed by atoms with van der Waals surface area (Å²) < 4.78 is 0. The van der Waals surface area contributed by atoms with Crippen molar-refractivity contribution in [1.29, 1.82) is 0 Å². The van der Waals surface area contributed by atoms with Gasteiger partial charge in [-0.25, -0.2) is 9.59 Å². The second kappa shape index (κ2) is 12.8. The van der Waals surface area contributed by atoms with Crippen molar-refractivity contribution in [1.82, 2.24) is 10.6 Å². The van der Waals surface area contributed by atoms with Crippen LogP contribution in [-0.4, -0.2) is 40.3 Å². The van der Waals surface area contributed by atoms with Crippen molar-refractivity contribution in [3.8, 4) is 11.5 Å². The molecule has 0 aliphatic carbocycles. The number of amides is 4.